The van der Waals surface area contributed by atoms with Crippen LogP contribution in [0.2, 0.25) is 0 Å². The normalized spacial score (nSPS) is 9.45. The molecule has 1 N–H and O–H groups in total. The number of carbonyl (C=O) groups excluding carboxylic acids is 1. The maximum atomic E-state index is 11.3. The monoisotopic (exact) mass is 429 g/mol. The van der Waals surface area contributed by atoms with Crippen molar-refractivity contribution in [3.63, 3.8) is 0 Å². The van der Waals surface area contributed by atoms with Crippen molar-refractivity contribution in [1.29, 1.82) is 0 Å². The van der Waals surface area contributed by atoms with Crippen LogP contribution >= 0.6 is 31.9 Å². The largest absolute Gasteiger partial charge is 0.477 e. The summed E-state index contributed by atoms with van der Waals surface area (Å²) in [7, 11) is 3.40. The maximum absolute atomic E-state index is 11.3. The topological polar surface area (TPSA) is 83.4 Å². The van der Waals surface area contributed by atoms with Gasteiger partial charge in [-0.25, -0.2) is 14.8 Å². The summed E-state index contributed by atoms with van der Waals surface area (Å²) in [4.78, 5) is 30.6. The van der Waals surface area contributed by atoms with Gasteiger partial charge in [-0.15, -0.1) is 0 Å². The fourth-order valence-electron chi connectivity index (χ4n) is 1.23. The van der Waals surface area contributed by atoms with Gasteiger partial charge in [0.05, 0.1) is 0 Å². The molecule has 0 saturated carbocycles. The molecule has 0 aromatic carbocycles. The van der Waals surface area contributed by atoms with Crippen molar-refractivity contribution in [2.45, 2.75) is 0 Å². The zero-order valence-electron chi connectivity index (χ0n) is 11.8. The molecule has 0 radical (unpaired) electrons. The molecule has 2 aromatic heterocycles. The summed E-state index contributed by atoms with van der Waals surface area (Å²) < 4.78 is 1.65. The van der Waals surface area contributed by atoms with Crippen LogP contribution in [0.3, 0.4) is 0 Å². The van der Waals surface area contributed by atoms with Gasteiger partial charge in [-0.1, -0.05) is 0 Å². The Kier molecular flexibility index (Phi) is 7.13. The summed E-state index contributed by atoms with van der Waals surface area (Å²) in [5.74, 6) is -1.09. The minimum Gasteiger partial charge on any atom is -0.477 e. The molecule has 0 aliphatic rings. The van der Waals surface area contributed by atoms with Crippen molar-refractivity contribution in [2.24, 2.45) is 0 Å². The smallest absolute Gasteiger partial charge is 0.354 e. The molecule has 0 unspecified atom stereocenters. The number of aromatic nitrogens is 2. The maximum Gasteiger partial charge on any atom is 0.354 e. The highest BCUT2D eigenvalue weighted by molar-refractivity contribution is 9.10. The standard InChI is InChI=1S/C8H9BrN2O.C6H4BrNO2/c1-11(2)8(12)7-4-3-6(9)5-10-7;7-4-1-2-5(6(9)10)8-3-4/h3-5H,1-2H3;1-3H,(H,9,10). The molecule has 0 fully saturated rings. The zero-order chi connectivity index (χ0) is 16.7. The first-order chi connectivity index (χ1) is 10.3. The average Bonchev–Trinajstić information content (AvgIpc) is 2.48. The van der Waals surface area contributed by atoms with Gasteiger partial charge in [0.25, 0.3) is 5.91 Å². The van der Waals surface area contributed by atoms with Crippen molar-refractivity contribution in [1.82, 2.24) is 14.9 Å². The van der Waals surface area contributed by atoms with E-state index in [4.69, 9.17) is 5.11 Å². The number of halogens is 2. The number of hydrogen-bond acceptors (Lipinski definition) is 4. The predicted molar refractivity (Wildman–Crippen MR) is 88.9 cm³/mol. The Balaban J connectivity index is 0.000000224. The Labute approximate surface area is 144 Å². The molecule has 2 heterocycles. The van der Waals surface area contributed by atoms with Gasteiger partial charge >= 0.3 is 5.97 Å². The molecule has 0 atom stereocenters. The highest BCUT2D eigenvalue weighted by Crippen LogP contribution is 2.08. The molecule has 116 valence electrons. The lowest BCUT2D eigenvalue weighted by Gasteiger charge is -2.08. The molecule has 0 spiro atoms. The molecule has 22 heavy (non-hydrogen) atoms. The lowest BCUT2D eigenvalue weighted by atomic mass is 10.3. The number of aromatic carboxylic acids is 1. The third-order valence-corrected chi connectivity index (χ3v) is 3.24. The molecule has 2 aromatic rings. The first-order valence-corrected chi connectivity index (χ1v) is 7.58. The number of pyridine rings is 2. The number of carbonyl (C=O) groups is 2. The van der Waals surface area contributed by atoms with Gasteiger partial charge in [-0.2, -0.15) is 0 Å². The summed E-state index contributed by atoms with van der Waals surface area (Å²) in [5, 5.41) is 8.40. The molecular formula is C14H13Br2N3O3. The van der Waals surface area contributed by atoms with Crippen molar-refractivity contribution in [3.05, 3.63) is 57.0 Å². The summed E-state index contributed by atoms with van der Waals surface area (Å²) >= 11 is 6.38. The molecule has 6 nitrogen and oxygen atoms in total. The third kappa shape index (κ3) is 5.90. The molecule has 8 heteroatoms. The van der Waals surface area contributed by atoms with Crippen molar-refractivity contribution >= 4 is 43.7 Å². The van der Waals surface area contributed by atoms with Crippen LogP contribution < -0.4 is 0 Å². The van der Waals surface area contributed by atoms with Gasteiger partial charge in [0.15, 0.2) is 0 Å². The van der Waals surface area contributed by atoms with E-state index in [1.165, 1.54) is 17.2 Å². The van der Waals surface area contributed by atoms with E-state index in [0.29, 0.717) is 5.69 Å². The van der Waals surface area contributed by atoms with E-state index >= 15 is 0 Å². The Morgan fingerprint density at radius 1 is 0.955 bits per heavy atom. The van der Waals surface area contributed by atoms with Crippen LogP contribution in [0.1, 0.15) is 21.0 Å². The van der Waals surface area contributed by atoms with Gasteiger partial charge in [0, 0.05) is 35.4 Å². The first-order valence-electron chi connectivity index (χ1n) is 5.99. The molecule has 2 rings (SSSR count). The van der Waals surface area contributed by atoms with E-state index in [2.05, 4.69) is 41.8 Å². The van der Waals surface area contributed by atoms with E-state index in [-0.39, 0.29) is 11.6 Å². The number of nitrogens with zero attached hydrogens (tertiary/aromatic N) is 3. The number of carboxylic acids is 1. The van der Waals surface area contributed by atoms with Crippen LogP contribution in [0, 0.1) is 0 Å². The minimum atomic E-state index is -1.01. The van der Waals surface area contributed by atoms with E-state index < -0.39 is 5.97 Å². The van der Waals surface area contributed by atoms with Crippen molar-refractivity contribution < 1.29 is 14.7 Å². The van der Waals surface area contributed by atoms with E-state index in [1.807, 2.05) is 0 Å². The first kappa shape index (κ1) is 18.2. The summed E-state index contributed by atoms with van der Waals surface area (Å²) in [5.41, 5.74) is 0.520. The second-order valence-electron chi connectivity index (χ2n) is 4.23. The van der Waals surface area contributed by atoms with Gasteiger partial charge in [-0.3, -0.25) is 4.79 Å². The highest BCUT2D eigenvalue weighted by Gasteiger charge is 2.07. The van der Waals surface area contributed by atoms with Gasteiger partial charge in [0.1, 0.15) is 11.4 Å². The van der Waals surface area contributed by atoms with Gasteiger partial charge < -0.3 is 10.0 Å². The number of amides is 1. The molecular weight excluding hydrogens is 418 g/mol. The fraction of sp³-hybridized carbons (Fsp3) is 0.143. The highest BCUT2D eigenvalue weighted by atomic mass is 79.9. The van der Waals surface area contributed by atoms with Crippen LogP contribution in [0.5, 0.6) is 0 Å². The summed E-state index contributed by atoms with van der Waals surface area (Å²) in [6, 6.07) is 6.55. The number of rotatable bonds is 2. The quantitative estimate of drug-likeness (QED) is 0.791. The lowest BCUT2D eigenvalue weighted by molar-refractivity contribution is 0.0690. The van der Waals surface area contributed by atoms with Crippen LogP contribution in [0.15, 0.2) is 45.6 Å². The van der Waals surface area contributed by atoms with Gasteiger partial charge in [-0.05, 0) is 56.1 Å². The summed E-state index contributed by atoms with van der Waals surface area (Å²) in [6.07, 6.45) is 3.06. The third-order valence-electron chi connectivity index (χ3n) is 2.30. The Morgan fingerprint density at radius 2 is 1.41 bits per heavy atom. The SMILES string of the molecule is CN(C)C(=O)c1ccc(Br)cn1.O=C(O)c1ccc(Br)cn1. The Hall–Kier alpha value is -1.80. The molecule has 0 aliphatic heterocycles. The molecule has 0 saturated heterocycles. The number of hydrogen-bond donors (Lipinski definition) is 1. The molecule has 1 amide bonds. The minimum absolute atomic E-state index is 0.0585. The second kappa shape index (κ2) is 8.60. The van der Waals surface area contributed by atoms with Crippen LogP contribution in [-0.2, 0) is 0 Å². The van der Waals surface area contributed by atoms with Gasteiger partial charge in [0.2, 0.25) is 0 Å². The average molecular weight is 431 g/mol. The van der Waals surface area contributed by atoms with E-state index in [9.17, 15) is 9.59 Å². The Morgan fingerprint density at radius 3 is 1.73 bits per heavy atom. The zero-order valence-corrected chi connectivity index (χ0v) is 15.0. The van der Waals surface area contributed by atoms with E-state index in [0.717, 1.165) is 8.95 Å². The van der Waals surface area contributed by atoms with Crippen LogP contribution in [0.4, 0.5) is 0 Å². The summed E-state index contributed by atoms with van der Waals surface area (Å²) in [6.45, 7) is 0. The van der Waals surface area contributed by atoms with Crippen molar-refractivity contribution in [2.75, 3.05) is 14.1 Å². The van der Waals surface area contributed by atoms with E-state index in [1.54, 1.807) is 38.5 Å². The fourth-order valence-corrected chi connectivity index (χ4v) is 1.70. The second-order valence-corrected chi connectivity index (χ2v) is 6.06. The number of carboxylic acid groups (broad SMARTS) is 1. The lowest BCUT2D eigenvalue weighted by Crippen LogP contribution is -2.22. The molecule has 0 bridgehead atoms. The van der Waals surface area contributed by atoms with Crippen LogP contribution in [0.25, 0.3) is 0 Å². The van der Waals surface area contributed by atoms with Crippen LogP contribution in [-0.4, -0.2) is 45.9 Å². The predicted octanol–water partition coefficient (Wildman–Crippen LogP) is 3.09. The van der Waals surface area contributed by atoms with Crippen molar-refractivity contribution in [3.8, 4) is 0 Å². The Bertz CT molecular complexity index is 643. The molecule has 0 aliphatic carbocycles.